The summed E-state index contributed by atoms with van der Waals surface area (Å²) in [6.07, 6.45) is 7.19. The zero-order valence-corrected chi connectivity index (χ0v) is 17.4. The Labute approximate surface area is 155 Å². The van der Waals surface area contributed by atoms with Crippen molar-refractivity contribution in [2.45, 2.75) is 92.9 Å². The van der Waals surface area contributed by atoms with Gasteiger partial charge in [0.2, 0.25) is 0 Å². The fourth-order valence-electron chi connectivity index (χ4n) is 3.60. The first kappa shape index (κ1) is 23.9. The monoisotopic (exact) mass is 356 g/mol. The minimum absolute atomic E-state index is 0.0179. The third-order valence-electron chi connectivity index (χ3n) is 5.28. The molecule has 0 aliphatic rings. The largest absolute Gasteiger partial charge is 0.465 e. The molecule has 4 nitrogen and oxygen atoms in total. The van der Waals surface area contributed by atoms with Crippen LogP contribution >= 0.6 is 0 Å². The Morgan fingerprint density at radius 3 is 1.76 bits per heavy atom. The number of carbonyl (C=O) groups is 2. The molecule has 0 aromatic rings. The van der Waals surface area contributed by atoms with E-state index >= 15 is 0 Å². The highest BCUT2D eigenvalue weighted by Gasteiger charge is 2.51. The average molecular weight is 357 g/mol. The van der Waals surface area contributed by atoms with E-state index in [1.54, 1.807) is 0 Å². The van der Waals surface area contributed by atoms with Crippen LogP contribution < -0.4 is 0 Å². The maximum absolute atomic E-state index is 13.0. The summed E-state index contributed by atoms with van der Waals surface area (Å²) in [6, 6.07) is 0. The van der Waals surface area contributed by atoms with Gasteiger partial charge in [0.05, 0.1) is 24.5 Å². The molecule has 0 amide bonds. The first-order valence-electron chi connectivity index (χ1n) is 10.3. The van der Waals surface area contributed by atoms with Crippen molar-refractivity contribution in [3.05, 3.63) is 0 Å². The van der Waals surface area contributed by atoms with Crippen LogP contribution in [0.15, 0.2) is 0 Å². The predicted molar refractivity (Wildman–Crippen MR) is 102 cm³/mol. The fraction of sp³-hybridized carbons (Fsp3) is 0.905. The van der Waals surface area contributed by atoms with Crippen molar-refractivity contribution >= 4 is 11.9 Å². The van der Waals surface area contributed by atoms with Gasteiger partial charge in [0.15, 0.2) is 0 Å². The van der Waals surface area contributed by atoms with E-state index in [-0.39, 0.29) is 17.9 Å². The number of ether oxygens (including phenoxy) is 2. The number of hydrogen-bond acceptors (Lipinski definition) is 4. The van der Waals surface area contributed by atoms with Crippen molar-refractivity contribution in [1.82, 2.24) is 0 Å². The molecule has 4 heteroatoms. The van der Waals surface area contributed by atoms with Crippen LogP contribution in [0.1, 0.15) is 92.9 Å². The van der Waals surface area contributed by atoms with Gasteiger partial charge in [0.1, 0.15) is 0 Å². The van der Waals surface area contributed by atoms with Gasteiger partial charge in [0, 0.05) is 0 Å². The zero-order valence-electron chi connectivity index (χ0n) is 17.4. The van der Waals surface area contributed by atoms with E-state index in [0.717, 1.165) is 38.5 Å². The third kappa shape index (κ3) is 6.99. The molecule has 25 heavy (non-hydrogen) atoms. The molecule has 2 unspecified atom stereocenters. The number of rotatable bonds is 14. The average Bonchev–Trinajstić information content (AvgIpc) is 2.59. The van der Waals surface area contributed by atoms with Crippen molar-refractivity contribution < 1.29 is 19.1 Å². The van der Waals surface area contributed by atoms with E-state index in [1.165, 1.54) is 0 Å². The van der Waals surface area contributed by atoms with Gasteiger partial charge in [0.25, 0.3) is 0 Å². The van der Waals surface area contributed by atoms with Crippen LogP contribution in [-0.4, -0.2) is 25.2 Å². The van der Waals surface area contributed by atoms with Crippen LogP contribution in [0.25, 0.3) is 0 Å². The quantitative estimate of drug-likeness (QED) is 0.303. The third-order valence-corrected chi connectivity index (χ3v) is 5.28. The Hall–Kier alpha value is -1.06. The molecule has 0 heterocycles. The lowest BCUT2D eigenvalue weighted by atomic mass is 9.64. The highest BCUT2D eigenvalue weighted by Crippen LogP contribution is 2.43. The van der Waals surface area contributed by atoms with E-state index in [0.29, 0.717) is 26.1 Å². The molecule has 0 aliphatic carbocycles. The first-order valence-corrected chi connectivity index (χ1v) is 10.3. The van der Waals surface area contributed by atoms with Gasteiger partial charge < -0.3 is 9.47 Å². The Morgan fingerprint density at radius 2 is 1.36 bits per heavy atom. The molecule has 0 N–H and O–H groups in total. The summed E-state index contributed by atoms with van der Waals surface area (Å²) in [5.74, 6) is -0.916. The smallest absolute Gasteiger partial charge is 0.313 e. The van der Waals surface area contributed by atoms with Gasteiger partial charge in [-0.05, 0) is 31.6 Å². The lowest BCUT2D eigenvalue weighted by molar-refractivity contribution is -0.175. The van der Waals surface area contributed by atoms with Crippen molar-refractivity contribution in [2.75, 3.05) is 13.2 Å². The Bertz CT molecular complexity index is 378. The minimum Gasteiger partial charge on any atom is -0.465 e. The van der Waals surface area contributed by atoms with E-state index in [4.69, 9.17) is 9.47 Å². The van der Waals surface area contributed by atoms with Gasteiger partial charge in [-0.25, -0.2) is 0 Å². The van der Waals surface area contributed by atoms with Crippen LogP contribution in [0.3, 0.4) is 0 Å². The second-order valence-electron chi connectivity index (χ2n) is 7.23. The summed E-state index contributed by atoms with van der Waals surface area (Å²) in [4.78, 5) is 25.7. The minimum atomic E-state index is -0.803. The summed E-state index contributed by atoms with van der Waals surface area (Å²) in [5.41, 5.74) is -0.803. The second-order valence-corrected chi connectivity index (χ2v) is 7.23. The van der Waals surface area contributed by atoms with Crippen molar-refractivity contribution in [1.29, 1.82) is 0 Å². The molecule has 0 rings (SSSR count). The van der Waals surface area contributed by atoms with Crippen molar-refractivity contribution in [2.24, 2.45) is 17.3 Å². The normalized spacial score (nSPS) is 14.8. The zero-order chi connectivity index (χ0) is 19.3. The predicted octanol–water partition coefficient (Wildman–Crippen LogP) is 5.53. The highest BCUT2D eigenvalue weighted by atomic mass is 16.5. The molecule has 0 aromatic carbocycles. The van der Waals surface area contributed by atoms with Crippen LogP contribution in [0.4, 0.5) is 0 Å². The molecule has 0 aromatic heterocycles. The topological polar surface area (TPSA) is 52.6 Å². The molecular weight excluding hydrogens is 316 g/mol. The van der Waals surface area contributed by atoms with Gasteiger partial charge >= 0.3 is 11.9 Å². The lowest BCUT2D eigenvalue weighted by Crippen LogP contribution is -2.47. The molecular formula is C21H40O4. The van der Waals surface area contributed by atoms with Crippen LogP contribution in [-0.2, 0) is 19.1 Å². The van der Waals surface area contributed by atoms with Gasteiger partial charge in [-0.1, -0.05) is 67.2 Å². The number of esters is 2. The van der Waals surface area contributed by atoms with Crippen LogP contribution in [0.5, 0.6) is 0 Å². The first-order chi connectivity index (χ1) is 11.9. The standard InChI is InChI=1S/C21H40O4/c1-7-11-13-15-24-19(22)18(9-3)21(10-4,17(5)6)20(23)25-16-14-12-8-2/h17-18H,7-16H2,1-6H3. The molecule has 148 valence electrons. The van der Waals surface area contributed by atoms with E-state index in [1.807, 2.05) is 27.7 Å². The number of carbonyl (C=O) groups excluding carboxylic acids is 2. The molecule has 0 saturated carbocycles. The Kier molecular flexibility index (Phi) is 12.6. The lowest BCUT2D eigenvalue weighted by Gasteiger charge is -2.39. The van der Waals surface area contributed by atoms with Crippen molar-refractivity contribution in [3.63, 3.8) is 0 Å². The summed E-state index contributed by atoms with van der Waals surface area (Å²) < 4.78 is 11.1. The number of hydrogen-bond donors (Lipinski definition) is 0. The molecule has 0 saturated heterocycles. The van der Waals surface area contributed by atoms with Crippen LogP contribution in [0, 0.1) is 17.3 Å². The van der Waals surface area contributed by atoms with Gasteiger partial charge in [-0.3, -0.25) is 9.59 Å². The maximum atomic E-state index is 13.0. The molecule has 0 spiro atoms. The van der Waals surface area contributed by atoms with E-state index in [9.17, 15) is 9.59 Å². The fourth-order valence-corrected chi connectivity index (χ4v) is 3.60. The summed E-state index contributed by atoms with van der Waals surface area (Å²) in [6.45, 7) is 13.0. The highest BCUT2D eigenvalue weighted by molar-refractivity contribution is 5.85. The van der Waals surface area contributed by atoms with E-state index in [2.05, 4.69) is 13.8 Å². The van der Waals surface area contributed by atoms with Gasteiger partial charge in [-0.15, -0.1) is 0 Å². The SMILES string of the molecule is CCCCCOC(=O)C(CC)C(CC)(C(=O)OCCCCC)C(C)C. The number of unbranched alkanes of at least 4 members (excludes halogenated alkanes) is 4. The summed E-state index contributed by atoms with van der Waals surface area (Å²) in [7, 11) is 0. The Balaban J connectivity index is 5.15. The molecule has 0 radical (unpaired) electrons. The second kappa shape index (κ2) is 13.2. The van der Waals surface area contributed by atoms with Crippen LogP contribution in [0.2, 0.25) is 0 Å². The summed E-state index contributed by atoms with van der Waals surface area (Å²) >= 11 is 0. The molecule has 0 bridgehead atoms. The van der Waals surface area contributed by atoms with E-state index < -0.39 is 11.3 Å². The summed E-state index contributed by atoms with van der Waals surface area (Å²) in [5, 5.41) is 0. The van der Waals surface area contributed by atoms with Crippen molar-refractivity contribution in [3.8, 4) is 0 Å². The maximum Gasteiger partial charge on any atom is 0.313 e. The molecule has 0 aliphatic heterocycles. The van der Waals surface area contributed by atoms with Gasteiger partial charge in [-0.2, -0.15) is 0 Å². The molecule has 2 atom stereocenters. The Morgan fingerprint density at radius 1 is 0.840 bits per heavy atom. The molecule has 0 fully saturated rings.